The van der Waals surface area contributed by atoms with Gasteiger partial charge in [-0.1, -0.05) is 11.6 Å². The second-order valence-corrected chi connectivity index (χ2v) is 7.59. The number of thiophene rings is 1. The number of nitrogens with zero attached hydrogens (tertiary/aromatic N) is 3. The molecule has 19 heavy (non-hydrogen) atoms. The largest absolute Gasteiger partial charge is 0.300 e. The molecule has 0 amide bonds. The quantitative estimate of drug-likeness (QED) is 0.610. The van der Waals surface area contributed by atoms with Crippen LogP contribution < -0.4 is 0 Å². The van der Waals surface area contributed by atoms with Gasteiger partial charge in [0.25, 0.3) is 15.7 Å². The van der Waals surface area contributed by atoms with Crippen LogP contribution in [0.4, 0.5) is 5.69 Å². The molecule has 0 aromatic carbocycles. The topological polar surface area (TPSA) is 104 Å². The van der Waals surface area contributed by atoms with Crippen molar-refractivity contribution in [2.45, 2.75) is 23.6 Å². The van der Waals surface area contributed by atoms with Gasteiger partial charge in [-0.15, -0.1) is 11.3 Å². The number of rotatable bonds is 5. The zero-order valence-corrected chi connectivity index (χ0v) is 12.4. The molecular formula is C9H10ClN3O4S2. The number of nitro groups is 1. The van der Waals surface area contributed by atoms with Gasteiger partial charge < -0.3 is 0 Å². The lowest BCUT2D eigenvalue weighted by Crippen LogP contribution is -2.34. The molecule has 10 heteroatoms. The van der Waals surface area contributed by atoms with E-state index in [1.807, 2.05) is 6.07 Å². The van der Waals surface area contributed by atoms with Gasteiger partial charge in [0.1, 0.15) is 4.21 Å². The van der Waals surface area contributed by atoms with Crippen LogP contribution in [-0.2, 0) is 10.0 Å². The molecule has 1 atom stereocenters. The molecule has 1 rings (SSSR count). The number of sulfonamides is 1. The van der Waals surface area contributed by atoms with Crippen LogP contribution in [0.15, 0.2) is 10.3 Å². The van der Waals surface area contributed by atoms with Gasteiger partial charge in [-0.25, -0.2) is 8.42 Å². The fraction of sp³-hybridized carbons (Fsp3) is 0.444. The highest BCUT2D eigenvalue weighted by molar-refractivity contribution is 7.91. The highest BCUT2D eigenvalue weighted by Gasteiger charge is 2.30. The van der Waals surface area contributed by atoms with Gasteiger partial charge in [0.15, 0.2) is 4.34 Å². The van der Waals surface area contributed by atoms with E-state index in [0.29, 0.717) is 11.3 Å². The first-order chi connectivity index (χ1) is 8.71. The summed E-state index contributed by atoms with van der Waals surface area (Å²) in [7, 11) is -2.57. The minimum atomic E-state index is -3.88. The second kappa shape index (κ2) is 5.83. The molecule has 0 N–H and O–H groups in total. The Hall–Kier alpha value is -1.21. The fourth-order valence-electron chi connectivity index (χ4n) is 1.23. The molecule has 1 unspecified atom stereocenters. The molecule has 0 fully saturated rings. The maximum Gasteiger partial charge on any atom is 0.300 e. The molecule has 0 saturated heterocycles. The van der Waals surface area contributed by atoms with Crippen LogP contribution in [0.2, 0.25) is 4.34 Å². The van der Waals surface area contributed by atoms with E-state index in [9.17, 15) is 18.5 Å². The number of hydrogen-bond donors (Lipinski definition) is 0. The summed E-state index contributed by atoms with van der Waals surface area (Å²) in [6.07, 6.45) is 0.0247. The van der Waals surface area contributed by atoms with Crippen molar-refractivity contribution in [3.05, 3.63) is 20.5 Å². The minimum absolute atomic E-state index is 0.0247. The molecule has 104 valence electrons. The Morgan fingerprint density at radius 2 is 2.26 bits per heavy atom. The molecule has 1 aromatic heterocycles. The first-order valence-electron chi connectivity index (χ1n) is 5.00. The molecular weight excluding hydrogens is 314 g/mol. The molecule has 0 aliphatic carbocycles. The van der Waals surface area contributed by atoms with Gasteiger partial charge in [0.2, 0.25) is 0 Å². The highest BCUT2D eigenvalue weighted by Crippen LogP contribution is 2.37. The van der Waals surface area contributed by atoms with E-state index in [4.69, 9.17) is 16.9 Å². The predicted octanol–water partition coefficient (Wildman–Crippen LogP) is 2.23. The first-order valence-corrected chi connectivity index (χ1v) is 7.64. The average molecular weight is 324 g/mol. The molecule has 1 heterocycles. The van der Waals surface area contributed by atoms with Gasteiger partial charge in [-0.05, 0) is 6.92 Å². The van der Waals surface area contributed by atoms with Gasteiger partial charge in [-0.2, -0.15) is 9.57 Å². The maximum atomic E-state index is 12.2. The Balaban J connectivity index is 3.18. The summed E-state index contributed by atoms with van der Waals surface area (Å²) < 4.78 is 25.0. The van der Waals surface area contributed by atoms with Gasteiger partial charge in [0.05, 0.1) is 17.4 Å². The van der Waals surface area contributed by atoms with E-state index in [2.05, 4.69) is 0 Å². The lowest BCUT2D eigenvalue weighted by molar-refractivity contribution is -0.384. The predicted molar refractivity (Wildman–Crippen MR) is 70.6 cm³/mol. The van der Waals surface area contributed by atoms with Crippen LogP contribution in [-0.4, -0.2) is 30.7 Å². The third-order valence-corrected chi connectivity index (χ3v) is 6.24. The highest BCUT2D eigenvalue weighted by atomic mass is 35.5. The summed E-state index contributed by atoms with van der Waals surface area (Å²) in [4.78, 5) is 9.91. The van der Waals surface area contributed by atoms with E-state index in [1.165, 1.54) is 7.05 Å². The summed E-state index contributed by atoms with van der Waals surface area (Å²) in [5.74, 6) is 0. The third kappa shape index (κ3) is 3.22. The number of nitriles is 1. The van der Waals surface area contributed by atoms with Crippen molar-refractivity contribution in [1.82, 2.24) is 4.31 Å². The van der Waals surface area contributed by atoms with E-state index in [-0.39, 0.29) is 15.0 Å². The Labute approximate surface area is 119 Å². The van der Waals surface area contributed by atoms with Crippen molar-refractivity contribution >= 4 is 38.6 Å². The van der Waals surface area contributed by atoms with Crippen molar-refractivity contribution in [3.8, 4) is 6.07 Å². The van der Waals surface area contributed by atoms with Gasteiger partial charge >= 0.3 is 0 Å². The molecule has 0 spiro atoms. The van der Waals surface area contributed by atoms with Crippen molar-refractivity contribution < 1.29 is 13.3 Å². The van der Waals surface area contributed by atoms with Crippen LogP contribution in [0.25, 0.3) is 0 Å². The van der Waals surface area contributed by atoms with E-state index < -0.39 is 26.7 Å². The summed E-state index contributed by atoms with van der Waals surface area (Å²) in [5, 5.41) is 19.2. The van der Waals surface area contributed by atoms with Crippen molar-refractivity contribution in [2.24, 2.45) is 0 Å². The van der Waals surface area contributed by atoms with E-state index >= 15 is 0 Å². The molecule has 0 saturated carbocycles. The van der Waals surface area contributed by atoms with Crippen molar-refractivity contribution in [3.63, 3.8) is 0 Å². The van der Waals surface area contributed by atoms with E-state index in [0.717, 1.165) is 10.4 Å². The summed E-state index contributed by atoms with van der Waals surface area (Å²) in [6, 6.07) is 2.27. The normalized spacial score (nSPS) is 13.2. The van der Waals surface area contributed by atoms with Crippen LogP contribution in [0.3, 0.4) is 0 Å². The Kier molecular flexibility index (Phi) is 4.86. The monoisotopic (exact) mass is 323 g/mol. The zero-order valence-electron chi connectivity index (χ0n) is 10.0. The van der Waals surface area contributed by atoms with Crippen LogP contribution in [0, 0.1) is 21.4 Å². The standard InChI is InChI=1S/C9H10ClN3O4S2/c1-6(3-4-11)12(2)19(16,17)8-5-7(13(14)15)9(10)18-8/h5-6H,3H2,1-2H3. The fourth-order valence-corrected chi connectivity index (χ4v) is 4.44. The summed E-state index contributed by atoms with van der Waals surface area (Å²) in [5.41, 5.74) is -0.438. The molecule has 0 aliphatic heterocycles. The molecule has 0 aliphatic rings. The number of hydrogen-bond acceptors (Lipinski definition) is 6. The maximum absolute atomic E-state index is 12.2. The second-order valence-electron chi connectivity index (χ2n) is 3.71. The Morgan fingerprint density at radius 1 is 1.68 bits per heavy atom. The minimum Gasteiger partial charge on any atom is -0.258 e. The van der Waals surface area contributed by atoms with Crippen LogP contribution in [0.5, 0.6) is 0 Å². The third-order valence-electron chi connectivity index (χ3n) is 2.48. The SMILES string of the molecule is CC(CC#N)N(C)S(=O)(=O)c1cc([N+](=O)[O-])c(Cl)s1. The molecule has 0 bridgehead atoms. The zero-order chi connectivity index (χ0) is 14.8. The van der Waals surface area contributed by atoms with Crippen molar-refractivity contribution in [1.29, 1.82) is 5.26 Å². The Bertz CT molecular complexity index is 634. The number of halogens is 1. The smallest absolute Gasteiger partial charge is 0.258 e. The first kappa shape index (κ1) is 15.8. The van der Waals surface area contributed by atoms with Crippen LogP contribution >= 0.6 is 22.9 Å². The summed E-state index contributed by atoms with van der Waals surface area (Å²) in [6.45, 7) is 1.57. The average Bonchev–Trinajstić information content (AvgIpc) is 2.71. The van der Waals surface area contributed by atoms with Gasteiger partial charge in [-0.3, -0.25) is 10.1 Å². The van der Waals surface area contributed by atoms with Gasteiger partial charge in [0, 0.05) is 19.2 Å². The van der Waals surface area contributed by atoms with Crippen LogP contribution in [0.1, 0.15) is 13.3 Å². The molecule has 7 nitrogen and oxygen atoms in total. The molecule has 1 aromatic rings. The molecule has 0 radical (unpaired) electrons. The van der Waals surface area contributed by atoms with Crippen molar-refractivity contribution in [2.75, 3.05) is 7.05 Å². The lowest BCUT2D eigenvalue weighted by atomic mass is 10.3. The van der Waals surface area contributed by atoms with E-state index in [1.54, 1.807) is 6.92 Å². The lowest BCUT2D eigenvalue weighted by Gasteiger charge is -2.21. The Morgan fingerprint density at radius 3 is 2.68 bits per heavy atom. The summed E-state index contributed by atoms with van der Waals surface area (Å²) >= 11 is 6.26.